The zero-order valence-electron chi connectivity index (χ0n) is 24.5. The highest BCUT2D eigenvalue weighted by Gasteiger charge is 2.39. The highest BCUT2D eigenvalue weighted by atomic mass is 15.2. The summed E-state index contributed by atoms with van der Waals surface area (Å²) in [6.07, 6.45) is 0. The topological polar surface area (TPSA) is 43.6 Å². The molecule has 0 fully saturated rings. The Morgan fingerprint density at radius 1 is 0.523 bits per heavy atom. The fourth-order valence-corrected chi connectivity index (χ4v) is 7.22. The van der Waals surface area contributed by atoms with E-state index in [-0.39, 0.29) is 5.41 Å². The number of aromatic nitrogens is 4. The van der Waals surface area contributed by atoms with Crippen LogP contribution in [0, 0.1) is 0 Å². The molecular formula is C40H28N4. The summed E-state index contributed by atoms with van der Waals surface area (Å²) in [6.45, 7) is 4.71. The van der Waals surface area contributed by atoms with Gasteiger partial charge in [0.05, 0.1) is 11.0 Å². The van der Waals surface area contributed by atoms with Crippen LogP contribution in [-0.2, 0) is 5.41 Å². The van der Waals surface area contributed by atoms with Gasteiger partial charge >= 0.3 is 0 Å². The number of benzene rings is 6. The van der Waals surface area contributed by atoms with Crippen LogP contribution in [0.25, 0.3) is 72.4 Å². The fraction of sp³-hybridized carbons (Fsp3) is 0.0750. The van der Waals surface area contributed by atoms with E-state index in [4.69, 9.17) is 15.0 Å². The zero-order chi connectivity index (χ0) is 29.4. The Labute approximate surface area is 255 Å². The Morgan fingerprint density at radius 2 is 1.14 bits per heavy atom. The third-order valence-electron chi connectivity index (χ3n) is 9.22. The summed E-state index contributed by atoms with van der Waals surface area (Å²) in [7, 11) is 0. The maximum atomic E-state index is 5.18. The van der Waals surface area contributed by atoms with Crippen LogP contribution in [0.5, 0.6) is 0 Å². The molecule has 2 aromatic heterocycles. The van der Waals surface area contributed by atoms with Gasteiger partial charge in [-0.05, 0) is 39.1 Å². The second-order valence-electron chi connectivity index (χ2n) is 12.1. The minimum atomic E-state index is -0.238. The fourth-order valence-electron chi connectivity index (χ4n) is 7.22. The van der Waals surface area contributed by atoms with Gasteiger partial charge in [-0.3, -0.25) is 4.57 Å². The molecular weight excluding hydrogens is 536 g/mol. The van der Waals surface area contributed by atoms with Gasteiger partial charge in [-0.15, -0.1) is 0 Å². The van der Waals surface area contributed by atoms with Gasteiger partial charge in [0.15, 0.2) is 11.6 Å². The van der Waals surface area contributed by atoms with E-state index in [1.54, 1.807) is 0 Å². The van der Waals surface area contributed by atoms with Gasteiger partial charge in [0, 0.05) is 27.3 Å². The van der Waals surface area contributed by atoms with Gasteiger partial charge < -0.3 is 0 Å². The first-order valence-electron chi connectivity index (χ1n) is 15.1. The number of hydrogen-bond acceptors (Lipinski definition) is 3. The lowest BCUT2D eigenvalue weighted by atomic mass is 9.81. The van der Waals surface area contributed by atoms with E-state index in [1.807, 2.05) is 36.4 Å². The van der Waals surface area contributed by atoms with Crippen LogP contribution in [0.3, 0.4) is 0 Å². The van der Waals surface area contributed by atoms with Crippen molar-refractivity contribution in [2.24, 2.45) is 0 Å². The second-order valence-corrected chi connectivity index (χ2v) is 12.1. The number of hydrogen-bond donors (Lipinski definition) is 0. The monoisotopic (exact) mass is 564 g/mol. The number of nitrogens with zero attached hydrogens (tertiary/aromatic N) is 4. The van der Waals surface area contributed by atoms with Crippen LogP contribution in [0.15, 0.2) is 133 Å². The summed E-state index contributed by atoms with van der Waals surface area (Å²) in [5.41, 5.74) is 9.16. The van der Waals surface area contributed by atoms with Crippen LogP contribution in [0.4, 0.5) is 0 Å². The maximum absolute atomic E-state index is 5.18. The number of rotatable bonds is 3. The van der Waals surface area contributed by atoms with Crippen molar-refractivity contribution in [2.45, 2.75) is 19.3 Å². The SMILES string of the molecule is CC1(C)c2ccc3ccccc3c2-c2ccc3c4ccccc4n(-c4nc(-c5ccccc5)nc(-c5ccccc5)n4)c3c21. The Kier molecular flexibility index (Phi) is 5.21. The third-order valence-corrected chi connectivity index (χ3v) is 9.22. The van der Waals surface area contributed by atoms with E-state index in [0.29, 0.717) is 17.6 Å². The average Bonchev–Trinajstić information content (AvgIpc) is 3.54. The summed E-state index contributed by atoms with van der Waals surface area (Å²) in [5.74, 6) is 1.93. The van der Waals surface area contributed by atoms with Crippen LogP contribution in [0.2, 0.25) is 0 Å². The molecule has 0 amide bonds. The lowest BCUT2D eigenvalue weighted by Crippen LogP contribution is -2.17. The minimum Gasteiger partial charge on any atom is -0.277 e. The number of para-hydroxylation sites is 1. The van der Waals surface area contributed by atoms with Crippen molar-refractivity contribution in [3.05, 3.63) is 145 Å². The second kappa shape index (κ2) is 9.19. The predicted molar refractivity (Wildman–Crippen MR) is 180 cm³/mol. The molecule has 0 spiro atoms. The van der Waals surface area contributed by atoms with Crippen molar-refractivity contribution in [3.63, 3.8) is 0 Å². The Hall–Kier alpha value is -5.61. The normalized spacial score (nSPS) is 13.4. The van der Waals surface area contributed by atoms with Crippen molar-refractivity contribution in [1.82, 2.24) is 19.5 Å². The van der Waals surface area contributed by atoms with E-state index in [1.165, 1.54) is 43.8 Å². The molecule has 8 aromatic rings. The first-order chi connectivity index (χ1) is 21.6. The highest BCUT2D eigenvalue weighted by Crippen LogP contribution is 2.54. The Bertz CT molecular complexity index is 2350. The van der Waals surface area contributed by atoms with E-state index in [0.717, 1.165) is 22.2 Å². The molecule has 4 heteroatoms. The quantitative estimate of drug-likeness (QED) is 0.215. The molecule has 0 radical (unpaired) electrons. The molecule has 0 atom stereocenters. The smallest absolute Gasteiger partial charge is 0.238 e. The third kappa shape index (κ3) is 3.48. The Balaban J connectivity index is 1.42. The molecule has 0 saturated carbocycles. The van der Waals surface area contributed by atoms with Crippen LogP contribution >= 0.6 is 0 Å². The average molecular weight is 565 g/mol. The minimum absolute atomic E-state index is 0.238. The van der Waals surface area contributed by atoms with Gasteiger partial charge in [-0.1, -0.05) is 141 Å². The summed E-state index contributed by atoms with van der Waals surface area (Å²) < 4.78 is 2.28. The van der Waals surface area contributed by atoms with Gasteiger partial charge in [0.25, 0.3) is 0 Å². The molecule has 1 aliphatic carbocycles. The van der Waals surface area contributed by atoms with Gasteiger partial charge in [-0.2, -0.15) is 9.97 Å². The van der Waals surface area contributed by atoms with E-state index < -0.39 is 0 Å². The van der Waals surface area contributed by atoms with Crippen molar-refractivity contribution in [1.29, 1.82) is 0 Å². The molecule has 0 bridgehead atoms. The highest BCUT2D eigenvalue weighted by molar-refractivity contribution is 6.14. The first kappa shape index (κ1) is 24.9. The van der Waals surface area contributed by atoms with Crippen molar-refractivity contribution < 1.29 is 0 Å². The first-order valence-corrected chi connectivity index (χ1v) is 15.1. The molecule has 208 valence electrons. The van der Waals surface area contributed by atoms with Crippen LogP contribution in [-0.4, -0.2) is 19.5 Å². The molecule has 0 aliphatic heterocycles. The van der Waals surface area contributed by atoms with Crippen LogP contribution in [0.1, 0.15) is 25.0 Å². The largest absolute Gasteiger partial charge is 0.277 e. The van der Waals surface area contributed by atoms with Gasteiger partial charge in [0.2, 0.25) is 5.95 Å². The molecule has 0 N–H and O–H groups in total. The summed E-state index contributed by atoms with van der Waals surface area (Å²) in [4.78, 5) is 15.3. The lowest BCUT2D eigenvalue weighted by Gasteiger charge is -2.23. The predicted octanol–water partition coefficient (Wildman–Crippen LogP) is 9.76. The van der Waals surface area contributed by atoms with E-state index >= 15 is 0 Å². The summed E-state index contributed by atoms with van der Waals surface area (Å²) in [5, 5.41) is 4.93. The number of fused-ring (bicyclic) bond motifs is 9. The standard InChI is InChI=1S/C40H28N4/c1-40(2)32-24-21-25-13-9-10-18-28(25)34(32)31-23-22-30-29-19-11-12-20-33(29)44(36(30)35(31)40)39-42-37(26-14-5-3-6-15-26)41-38(43-39)27-16-7-4-8-17-27/h3-24H,1-2H3. The van der Waals surface area contributed by atoms with Crippen LogP contribution < -0.4 is 0 Å². The molecule has 9 rings (SSSR count). The molecule has 6 aromatic carbocycles. The molecule has 0 saturated heterocycles. The molecule has 2 heterocycles. The zero-order valence-corrected chi connectivity index (χ0v) is 24.5. The van der Waals surface area contributed by atoms with Gasteiger partial charge in [0.1, 0.15) is 0 Å². The van der Waals surface area contributed by atoms with Crippen molar-refractivity contribution in [2.75, 3.05) is 0 Å². The summed E-state index contributed by atoms with van der Waals surface area (Å²) in [6, 6.07) is 46.9. The van der Waals surface area contributed by atoms with Gasteiger partial charge in [-0.25, -0.2) is 4.98 Å². The lowest BCUT2D eigenvalue weighted by molar-refractivity contribution is 0.664. The molecule has 4 nitrogen and oxygen atoms in total. The summed E-state index contributed by atoms with van der Waals surface area (Å²) >= 11 is 0. The molecule has 44 heavy (non-hydrogen) atoms. The maximum Gasteiger partial charge on any atom is 0.238 e. The van der Waals surface area contributed by atoms with E-state index in [2.05, 4.69) is 115 Å². The van der Waals surface area contributed by atoms with Crippen molar-refractivity contribution >= 4 is 32.6 Å². The van der Waals surface area contributed by atoms with Crippen molar-refractivity contribution in [3.8, 4) is 39.9 Å². The Morgan fingerprint density at radius 3 is 1.84 bits per heavy atom. The molecule has 0 unspecified atom stereocenters. The van der Waals surface area contributed by atoms with E-state index in [9.17, 15) is 0 Å². The molecule has 1 aliphatic rings.